The predicted molar refractivity (Wildman–Crippen MR) is 279 cm³/mol. The minimum absolute atomic E-state index is 0.590. The molecule has 0 N–H and O–H groups in total. The Morgan fingerprint density at radius 3 is 1.53 bits per heavy atom. The van der Waals surface area contributed by atoms with Crippen LogP contribution in [-0.2, 0) is 0 Å². The third kappa shape index (κ3) is 5.23. The fourth-order valence-corrected chi connectivity index (χ4v) is 12.7. The van der Waals surface area contributed by atoms with Gasteiger partial charge in [-0.05, 0) is 88.3 Å². The molecular weight excluding hydrogens is 845 g/mol. The zero-order chi connectivity index (χ0) is 43.0. The lowest BCUT2D eigenvalue weighted by Crippen LogP contribution is -2.02. The van der Waals surface area contributed by atoms with Crippen LogP contribution in [0.15, 0.2) is 199 Å². The second-order valence-electron chi connectivity index (χ2n) is 17.1. The number of hydrogen-bond donors (Lipinski definition) is 0. The summed E-state index contributed by atoms with van der Waals surface area (Å²) in [5, 5.41) is 13.8. The quantitative estimate of drug-likeness (QED) is 0.177. The molecule has 0 spiro atoms. The van der Waals surface area contributed by atoms with Crippen molar-refractivity contribution < 1.29 is 4.42 Å². The molecule has 10 aromatic carbocycles. The molecule has 15 rings (SSSR count). The molecule has 0 fully saturated rings. The summed E-state index contributed by atoms with van der Waals surface area (Å²) in [6.07, 6.45) is 0. The third-order valence-electron chi connectivity index (χ3n) is 13.4. The van der Waals surface area contributed by atoms with Gasteiger partial charge in [-0.2, -0.15) is 0 Å². The third-order valence-corrected chi connectivity index (χ3v) is 15.7. The molecule has 0 saturated carbocycles. The van der Waals surface area contributed by atoms with E-state index in [2.05, 4.69) is 199 Å². The molecule has 0 unspecified atom stereocenters. The monoisotopic (exact) mass is 876 g/mol. The molecule has 0 saturated heterocycles. The van der Waals surface area contributed by atoms with Crippen LogP contribution in [0.4, 0.5) is 0 Å². The van der Waals surface area contributed by atoms with Gasteiger partial charge in [0.05, 0.1) is 16.7 Å². The summed E-state index contributed by atoms with van der Waals surface area (Å²) >= 11 is 3.60. The maximum absolute atomic E-state index is 7.07. The Kier molecular flexibility index (Phi) is 7.47. The molecule has 0 aliphatic rings. The molecule has 66 heavy (non-hydrogen) atoms. The van der Waals surface area contributed by atoms with Gasteiger partial charge in [0.1, 0.15) is 5.58 Å². The normalized spacial score (nSPS) is 12.2. The number of fused-ring (bicyclic) bond motifs is 14. The standard InChI is InChI=1S/C59H32N4OS2/c1-3-15-35-30-47-43(27-33(35)13-1)38-17-5-8-22-46(38)63(47)48-31-37(29-45-44-28-34-14-2-4-16-36(34)32-49(44)64-56(45)48)57-60-58(41-20-11-25-52-54(41)39-18-6-9-23-50(39)65-52)62-59(61-57)42-21-12-26-53-55(42)40-19-7-10-24-51(40)66-53/h1-32H. The molecule has 306 valence electrons. The van der Waals surface area contributed by atoms with Gasteiger partial charge in [-0.3, -0.25) is 0 Å². The number of rotatable bonds is 4. The van der Waals surface area contributed by atoms with E-state index in [1.807, 2.05) is 0 Å². The van der Waals surface area contributed by atoms with Crippen molar-refractivity contribution in [3.8, 4) is 39.9 Å². The van der Waals surface area contributed by atoms with Gasteiger partial charge < -0.3 is 8.98 Å². The largest absolute Gasteiger partial charge is 0.454 e. The van der Waals surface area contributed by atoms with Crippen molar-refractivity contribution in [1.29, 1.82) is 0 Å². The van der Waals surface area contributed by atoms with Crippen LogP contribution in [0.5, 0.6) is 0 Å². The SMILES string of the molecule is c1ccc2cc3c(cc2c1)oc1c(-n2c4ccccc4c4cc5ccccc5cc42)cc(-c2nc(-c4cccc5sc6ccccc6c45)nc(-c4cccc5sc6ccccc6c45)n2)cc13. The Morgan fingerprint density at radius 2 is 0.879 bits per heavy atom. The van der Waals surface area contributed by atoms with E-state index in [9.17, 15) is 0 Å². The molecule has 0 radical (unpaired) electrons. The second kappa shape index (κ2) is 13.6. The van der Waals surface area contributed by atoms with E-state index in [-0.39, 0.29) is 0 Å². The molecule has 5 aromatic heterocycles. The van der Waals surface area contributed by atoms with Crippen molar-refractivity contribution in [2.75, 3.05) is 0 Å². The first-order valence-corrected chi connectivity index (χ1v) is 23.7. The average molecular weight is 877 g/mol. The van der Waals surface area contributed by atoms with E-state index >= 15 is 0 Å². The van der Waals surface area contributed by atoms with Gasteiger partial charge >= 0.3 is 0 Å². The van der Waals surface area contributed by atoms with Crippen LogP contribution in [-0.4, -0.2) is 19.5 Å². The fourth-order valence-electron chi connectivity index (χ4n) is 10.4. The van der Waals surface area contributed by atoms with E-state index in [1.165, 1.54) is 51.1 Å². The van der Waals surface area contributed by atoms with Crippen LogP contribution in [0.3, 0.4) is 0 Å². The van der Waals surface area contributed by atoms with Crippen molar-refractivity contribution in [1.82, 2.24) is 19.5 Å². The van der Waals surface area contributed by atoms with Crippen LogP contribution in [0.2, 0.25) is 0 Å². The van der Waals surface area contributed by atoms with Crippen molar-refractivity contribution >= 4 is 128 Å². The highest BCUT2D eigenvalue weighted by atomic mass is 32.1. The number of benzene rings is 10. The summed E-state index contributed by atoms with van der Waals surface area (Å²) < 4.78 is 14.3. The highest BCUT2D eigenvalue weighted by molar-refractivity contribution is 7.26. The maximum atomic E-state index is 7.07. The highest BCUT2D eigenvalue weighted by Gasteiger charge is 2.24. The van der Waals surface area contributed by atoms with Gasteiger partial charge in [-0.1, -0.05) is 127 Å². The summed E-state index contributed by atoms with van der Waals surface area (Å²) in [7, 11) is 0. The van der Waals surface area contributed by atoms with Gasteiger partial charge in [0.2, 0.25) is 0 Å². The van der Waals surface area contributed by atoms with E-state index in [0.29, 0.717) is 17.5 Å². The van der Waals surface area contributed by atoms with Crippen molar-refractivity contribution in [3.63, 3.8) is 0 Å². The smallest absolute Gasteiger partial charge is 0.164 e. The van der Waals surface area contributed by atoms with Gasteiger partial charge in [-0.25, -0.2) is 15.0 Å². The minimum atomic E-state index is 0.590. The van der Waals surface area contributed by atoms with Crippen LogP contribution in [0, 0.1) is 0 Å². The van der Waals surface area contributed by atoms with Crippen molar-refractivity contribution in [3.05, 3.63) is 194 Å². The van der Waals surface area contributed by atoms with E-state index < -0.39 is 0 Å². The summed E-state index contributed by atoms with van der Waals surface area (Å²) in [6, 6.07) is 69.6. The Balaban J connectivity index is 1.08. The summed E-state index contributed by atoms with van der Waals surface area (Å²) in [4.78, 5) is 16.5. The number of hydrogen-bond acceptors (Lipinski definition) is 6. The van der Waals surface area contributed by atoms with Crippen LogP contribution in [0.25, 0.3) is 145 Å². The lowest BCUT2D eigenvalue weighted by molar-refractivity contribution is 0.667. The minimum Gasteiger partial charge on any atom is -0.454 e. The fraction of sp³-hybridized carbons (Fsp3) is 0. The number of furan rings is 1. The van der Waals surface area contributed by atoms with Gasteiger partial charge in [0, 0.05) is 78.6 Å². The zero-order valence-corrected chi connectivity index (χ0v) is 36.6. The number of nitrogens with zero attached hydrogens (tertiary/aromatic N) is 4. The highest BCUT2D eigenvalue weighted by Crippen LogP contribution is 2.45. The Morgan fingerprint density at radius 1 is 0.364 bits per heavy atom. The Labute approximate surface area is 384 Å². The van der Waals surface area contributed by atoms with Crippen molar-refractivity contribution in [2.24, 2.45) is 0 Å². The number of para-hydroxylation sites is 1. The van der Waals surface area contributed by atoms with Gasteiger partial charge in [0.15, 0.2) is 23.1 Å². The van der Waals surface area contributed by atoms with Crippen LogP contribution in [0.1, 0.15) is 0 Å². The molecule has 0 atom stereocenters. The van der Waals surface area contributed by atoms with E-state index in [1.54, 1.807) is 22.7 Å². The topological polar surface area (TPSA) is 56.7 Å². The predicted octanol–water partition coefficient (Wildman–Crippen LogP) is 16.9. The first-order valence-electron chi connectivity index (χ1n) is 22.1. The van der Waals surface area contributed by atoms with Crippen LogP contribution < -0.4 is 0 Å². The summed E-state index contributed by atoms with van der Waals surface area (Å²) in [5.74, 6) is 1.86. The zero-order valence-electron chi connectivity index (χ0n) is 35.0. The molecule has 15 aromatic rings. The number of aromatic nitrogens is 4. The molecule has 5 nitrogen and oxygen atoms in total. The van der Waals surface area contributed by atoms with E-state index in [4.69, 9.17) is 19.4 Å². The molecular formula is C59H32N4OS2. The number of thiophene rings is 2. The summed E-state index contributed by atoms with van der Waals surface area (Å²) in [5.41, 5.74) is 7.58. The lowest BCUT2D eigenvalue weighted by Gasteiger charge is -2.13. The van der Waals surface area contributed by atoms with Crippen LogP contribution >= 0.6 is 22.7 Å². The van der Waals surface area contributed by atoms with Crippen molar-refractivity contribution in [2.45, 2.75) is 0 Å². The molecule has 0 bridgehead atoms. The van der Waals surface area contributed by atoms with E-state index in [0.717, 1.165) is 76.9 Å². The maximum Gasteiger partial charge on any atom is 0.164 e. The molecule has 0 amide bonds. The van der Waals surface area contributed by atoms with Gasteiger partial charge in [-0.15, -0.1) is 22.7 Å². The molecule has 0 aliphatic heterocycles. The molecule has 7 heteroatoms. The first kappa shape index (κ1) is 36.1. The molecule has 0 aliphatic carbocycles. The Bertz CT molecular complexity index is 4420. The molecule has 5 heterocycles. The Hall–Kier alpha value is -8.23. The van der Waals surface area contributed by atoms with Gasteiger partial charge in [0.25, 0.3) is 0 Å². The average Bonchev–Trinajstić information content (AvgIpc) is 4.13. The summed E-state index contributed by atoms with van der Waals surface area (Å²) in [6.45, 7) is 0. The lowest BCUT2D eigenvalue weighted by atomic mass is 10.0. The second-order valence-corrected chi connectivity index (χ2v) is 19.3. The first-order chi connectivity index (χ1) is 32.7.